The van der Waals surface area contributed by atoms with Crippen molar-refractivity contribution in [2.75, 3.05) is 0 Å². The molecular formula is C46H24N4O4S. The van der Waals surface area contributed by atoms with Crippen LogP contribution in [0.25, 0.3) is 32.3 Å². The third kappa shape index (κ3) is 4.46. The Morgan fingerprint density at radius 2 is 0.800 bits per heavy atom. The zero-order valence-corrected chi connectivity index (χ0v) is 30.6. The first-order chi connectivity index (χ1) is 26.2. The van der Waals surface area contributed by atoms with Crippen molar-refractivity contribution in [2.24, 2.45) is 0 Å². The van der Waals surface area contributed by atoms with E-state index in [0.29, 0.717) is 0 Å². The van der Waals surface area contributed by atoms with Crippen LogP contribution >= 0.6 is 11.3 Å². The summed E-state index contributed by atoms with van der Waals surface area (Å²) in [6.45, 7) is 8.21. The SMILES string of the molecule is CC1(C)C(C=C2C(=O)c3cc(C#N)c(C#N)cc3C2=O)=Cc2cc3sc4cc5c(cc4c3cc21)C(C)(C)C(C=C1C(=O)c2cc(C#N)c(C#N)cc2C1=O)=C5. The van der Waals surface area contributed by atoms with Gasteiger partial charge in [0.25, 0.3) is 0 Å². The molecule has 4 aliphatic carbocycles. The van der Waals surface area contributed by atoms with Gasteiger partial charge in [0, 0.05) is 53.3 Å². The van der Waals surface area contributed by atoms with Crippen LogP contribution in [0, 0.1) is 45.3 Å². The van der Waals surface area contributed by atoms with Gasteiger partial charge in [-0.15, -0.1) is 11.3 Å². The Bertz CT molecular complexity index is 2830. The molecule has 0 amide bonds. The van der Waals surface area contributed by atoms with Crippen LogP contribution in [0.1, 0.15) is 114 Å². The smallest absolute Gasteiger partial charge is 0.197 e. The second-order valence-electron chi connectivity index (χ2n) is 15.2. The number of carbonyl (C=O) groups excluding carboxylic acids is 4. The Morgan fingerprint density at radius 1 is 0.491 bits per heavy atom. The molecule has 0 bridgehead atoms. The Kier molecular flexibility index (Phi) is 6.77. The maximum absolute atomic E-state index is 13.5. The second kappa shape index (κ2) is 11.1. The molecule has 9 rings (SSSR count). The van der Waals surface area contributed by atoms with Gasteiger partial charge in [-0.25, -0.2) is 0 Å². The van der Waals surface area contributed by atoms with E-state index in [0.717, 1.165) is 53.6 Å². The van der Waals surface area contributed by atoms with Gasteiger partial charge in [0.2, 0.25) is 0 Å². The number of nitriles is 4. The van der Waals surface area contributed by atoms with Crippen molar-refractivity contribution in [3.8, 4) is 24.3 Å². The van der Waals surface area contributed by atoms with Gasteiger partial charge in [-0.3, -0.25) is 19.2 Å². The number of ketones is 4. The third-order valence-electron chi connectivity index (χ3n) is 11.6. The molecule has 0 radical (unpaired) electrons. The van der Waals surface area contributed by atoms with Gasteiger partial charge in [-0.1, -0.05) is 39.8 Å². The zero-order chi connectivity index (χ0) is 38.9. The van der Waals surface area contributed by atoms with E-state index in [9.17, 15) is 40.2 Å². The number of hydrogen-bond acceptors (Lipinski definition) is 9. The van der Waals surface area contributed by atoms with E-state index in [-0.39, 0.29) is 55.7 Å². The predicted octanol–water partition coefficient (Wildman–Crippen LogP) is 8.90. The molecule has 5 aromatic rings. The average Bonchev–Trinajstić information content (AvgIpc) is 3.86. The molecule has 4 aliphatic rings. The fourth-order valence-electron chi connectivity index (χ4n) is 8.35. The summed E-state index contributed by atoms with van der Waals surface area (Å²) in [5.74, 6) is -1.86. The van der Waals surface area contributed by atoms with Crippen molar-refractivity contribution in [2.45, 2.75) is 38.5 Å². The molecular weight excluding hydrogens is 705 g/mol. The molecule has 4 aromatic carbocycles. The highest BCUT2D eigenvalue weighted by Crippen LogP contribution is 2.50. The fourth-order valence-corrected chi connectivity index (χ4v) is 9.52. The summed E-state index contributed by atoms with van der Waals surface area (Å²) in [5, 5.41) is 40.0. The third-order valence-corrected chi connectivity index (χ3v) is 12.7. The van der Waals surface area contributed by atoms with Crippen LogP contribution in [-0.2, 0) is 10.8 Å². The van der Waals surface area contributed by atoms with Gasteiger partial charge in [-0.05, 0) is 94.1 Å². The van der Waals surface area contributed by atoms with Crippen LogP contribution < -0.4 is 0 Å². The molecule has 0 spiro atoms. The number of thiophene rings is 1. The number of rotatable bonds is 2. The van der Waals surface area contributed by atoms with Crippen LogP contribution in [0.2, 0.25) is 0 Å². The average molecular weight is 729 g/mol. The first-order valence-electron chi connectivity index (χ1n) is 17.3. The van der Waals surface area contributed by atoms with E-state index in [4.69, 9.17) is 0 Å². The summed E-state index contributed by atoms with van der Waals surface area (Å²) in [5.41, 5.74) is 5.29. The Labute approximate surface area is 318 Å². The molecule has 9 heteroatoms. The van der Waals surface area contributed by atoms with Crippen LogP contribution in [0.15, 0.2) is 83.0 Å². The molecule has 0 N–H and O–H groups in total. The van der Waals surface area contributed by atoms with Gasteiger partial charge in [-0.2, -0.15) is 21.0 Å². The van der Waals surface area contributed by atoms with Crippen molar-refractivity contribution >= 4 is 66.8 Å². The fraction of sp³-hybridized carbons (Fsp3) is 0.130. The number of fused-ring (bicyclic) bond motifs is 7. The maximum Gasteiger partial charge on any atom is 0.197 e. The van der Waals surface area contributed by atoms with Crippen molar-refractivity contribution < 1.29 is 19.2 Å². The summed E-state index contributed by atoms with van der Waals surface area (Å²) >= 11 is 1.65. The highest BCUT2D eigenvalue weighted by molar-refractivity contribution is 7.25. The highest BCUT2D eigenvalue weighted by atomic mass is 32.1. The lowest BCUT2D eigenvalue weighted by Crippen LogP contribution is -2.17. The summed E-state index contributed by atoms with van der Waals surface area (Å²) < 4.78 is 2.15. The van der Waals surface area contributed by atoms with E-state index in [2.05, 4.69) is 52.0 Å². The molecule has 1 heterocycles. The summed E-state index contributed by atoms with van der Waals surface area (Å²) in [7, 11) is 0. The number of carbonyl (C=O) groups is 4. The lowest BCUT2D eigenvalue weighted by molar-refractivity contribution is 0.0973. The summed E-state index contributed by atoms with van der Waals surface area (Å²) in [6.07, 6.45) is 7.31. The van der Waals surface area contributed by atoms with Gasteiger partial charge in [0.1, 0.15) is 24.3 Å². The molecule has 0 atom stereocenters. The highest BCUT2D eigenvalue weighted by Gasteiger charge is 2.40. The predicted molar refractivity (Wildman–Crippen MR) is 207 cm³/mol. The number of nitrogens with zero attached hydrogens (tertiary/aromatic N) is 4. The minimum Gasteiger partial charge on any atom is -0.288 e. The molecule has 55 heavy (non-hydrogen) atoms. The minimum atomic E-state index is -0.563. The number of Topliss-reactive ketones (excluding diaryl/α,β-unsaturated/α-hetero) is 4. The van der Waals surface area contributed by atoms with Crippen molar-refractivity contribution in [3.63, 3.8) is 0 Å². The molecule has 1 aromatic heterocycles. The maximum atomic E-state index is 13.5. The normalized spacial score (nSPS) is 16.9. The zero-order valence-electron chi connectivity index (χ0n) is 29.8. The first kappa shape index (κ1) is 33.5. The minimum absolute atomic E-state index is 0.00755. The Balaban J connectivity index is 1.08. The van der Waals surface area contributed by atoms with Gasteiger partial charge in [0.05, 0.1) is 33.4 Å². The van der Waals surface area contributed by atoms with Gasteiger partial charge >= 0.3 is 0 Å². The molecule has 0 fully saturated rings. The molecule has 8 nitrogen and oxygen atoms in total. The quantitative estimate of drug-likeness (QED) is 0.128. The summed E-state index contributed by atoms with van der Waals surface area (Å²) in [6, 6.07) is 21.7. The van der Waals surface area contributed by atoms with E-state index >= 15 is 0 Å². The van der Waals surface area contributed by atoms with Crippen LogP contribution in [0.5, 0.6) is 0 Å². The molecule has 0 saturated carbocycles. The van der Waals surface area contributed by atoms with Crippen LogP contribution in [0.3, 0.4) is 0 Å². The van der Waals surface area contributed by atoms with E-state index in [1.54, 1.807) is 23.5 Å². The van der Waals surface area contributed by atoms with E-state index in [1.807, 2.05) is 36.4 Å². The second-order valence-corrected chi connectivity index (χ2v) is 16.3. The number of hydrogen-bond donors (Lipinski definition) is 0. The van der Waals surface area contributed by atoms with E-state index < -0.39 is 34.0 Å². The number of benzene rings is 4. The Hall–Kier alpha value is -7.30. The van der Waals surface area contributed by atoms with Gasteiger partial charge < -0.3 is 0 Å². The van der Waals surface area contributed by atoms with E-state index in [1.165, 1.54) is 24.3 Å². The van der Waals surface area contributed by atoms with Crippen LogP contribution in [0.4, 0.5) is 0 Å². The monoisotopic (exact) mass is 728 g/mol. The molecule has 0 unspecified atom stereocenters. The Morgan fingerprint density at radius 3 is 1.09 bits per heavy atom. The molecule has 258 valence electrons. The first-order valence-corrected chi connectivity index (χ1v) is 18.1. The topological polar surface area (TPSA) is 163 Å². The van der Waals surface area contributed by atoms with Crippen molar-refractivity contribution in [1.29, 1.82) is 21.0 Å². The number of allylic oxidation sites excluding steroid dienone is 6. The van der Waals surface area contributed by atoms with Crippen molar-refractivity contribution in [1.82, 2.24) is 0 Å². The summed E-state index contributed by atoms with van der Waals surface area (Å²) in [4.78, 5) is 53.9. The largest absolute Gasteiger partial charge is 0.288 e. The molecule has 0 saturated heterocycles. The lowest BCUT2D eigenvalue weighted by atomic mass is 9.79. The van der Waals surface area contributed by atoms with Crippen molar-refractivity contribution in [3.05, 3.63) is 150 Å². The van der Waals surface area contributed by atoms with Crippen LogP contribution in [-0.4, -0.2) is 23.1 Å². The lowest BCUT2D eigenvalue weighted by Gasteiger charge is -2.24. The standard InChI is InChI=1S/C46H24N4O4S/c1-45(2)27(13-35-41(51)31-7-23(17-47)24(18-48)8-32(31)42(35)52)5-21-11-39-29(15-37(21)45)30-16-38-22(12-40(30)55-39)6-28(46(38,3)4)14-36-43(53)33-9-25(19-49)26(20-50)10-34(33)44(36)54/h5-16H,1-4H3. The molecule has 0 aliphatic heterocycles. The van der Waals surface area contributed by atoms with Gasteiger partial charge in [0.15, 0.2) is 23.1 Å².